The van der Waals surface area contributed by atoms with Crippen molar-refractivity contribution in [2.75, 3.05) is 14.2 Å². The average molecular weight is 371 g/mol. The molecule has 0 N–H and O–H groups in total. The number of rotatable bonds is 6. The van der Waals surface area contributed by atoms with Crippen LogP contribution in [0.25, 0.3) is 0 Å². The highest BCUT2D eigenvalue weighted by atomic mass is 79.9. The summed E-state index contributed by atoms with van der Waals surface area (Å²) in [5, 5.41) is 12.8. The first kappa shape index (κ1) is 14.6. The van der Waals surface area contributed by atoms with Gasteiger partial charge in [0.15, 0.2) is 11.5 Å². The van der Waals surface area contributed by atoms with E-state index in [-0.39, 0.29) is 0 Å². The van der Waals surface area contributed by atoms with Crippen LogP contribution in [-0.2, 0) is 5.75 Å². The fraction of sp³-hybridized carbons (Fsp3) is 0.462. The fourth-order valence-electron chi connectivity index (χ4n) is 1.98. The van der Waals surface area contributed by atoms with E-state index in [2.05, 4.69) is 31.5 Å². The molecule has 1 saturated carbocycles. The zero-order valence-electron chi connectivity index (χ0n) is 11.7. The zero-order chi connectivity index (χ0) is 14.8. The number of hydrogen-bond donors (Lipinski definition) is 0. The molecule has 112 valence electrons. The molecule has 0 aliphatic heterocycles. The minimum Gasteiger partial charge on any atom is -0.493 e. The number of nitrogens with zero attached hydrogens (tertiary/aromatic N) is 4. The molecule has 2 aromatic rings. The Balaban J connectivity index is 1.76. The summed E-state index contributed by atoms with van der Waals surface area (Å²) in [6.07, 6.45) is 2.33. The van der Waals surface area contributed by atoms with Crippen LogP contribution in [0.15, 0.2) is 21.8 Å². The van der Waals surface area contributed by atoms with Crippen molar-refractivity contribution in [2.45, 2.75) is 29.8 Å². The van der Waals surface area contributed by atoms with Gasteiger partial charge in [-0.1, -0.05) is 27.7 Å². The lowest BCUT2D eigenvalue weighted by molar-refractivity contribution is 0.354. The van der Waals surface area contributed by atoms with Crippen molar-refractivity contribution in [3.05, 3.63) is 22.2 Å². The van der Waals surface area contributed by atoms with Crippen LogP contribution in [0.2, 0.25) is 0 Å². The van der Waals surface area contributed by atoms with Crippen LogP contribution in [0.5, 0.6) is 11.5 Å². The predicted molar refractivity (Wildman–Crippen MR) is 82.9 cm³/mol. The summed E-state index contributed by atoms with van der Waals surface area (Å²) in [7, 11) is 3.26. The van der Waals surface area contributed by atoms with Crippen molar-refractivity contribution in [1.82, 2.24) is 20.2 Å². The quantitative estimate of drug-likeness (QED) is 0.728. The lowest BCUT2D eigenvalue weighted by Gasteiger charge is -2.11. The van der Waals surface area contributed by atoms with Gasteiger partial charge < -0.3 is 9.47 Å². The number of aromatic nitrogens is 4. The lowest BCUT2D eigenvalue weighted by Crippen LogP contribution is -1.99. The molecule has 0 amide bonds. The topological polar surface area (TPSA) is 62.1 Å². The summed E-state index contributed by atoms with van der Waals surface area (Å²) >= 11 is 5.19. The Morgan fingerprint density at radius 3 is 2.67 bits per heavy atom. The second kappa shape index (κ2) is 6.23. The number of ether oxygens (including phenoxy) is 2. The number of hydrogen-bond acceptors (Lipinski definition) is 6. The van der Waals surface area contributed by atoms with E-state index in [1.165, 1.54) is 12.8 Å². The maximum Gasteiger partial charge on any atom is 0.209 e. The Labute approximate surface area is 135 Å². The van der Waals surface area contributed by atoms with Crippen LogP contribution in [0.4, 0.5) is 0 Å². The molecular formula is C13H15BrN4O2S. The highest BCUT2D eigenvalue weighted by Gasteiger charge is 2.27. The minimum absolute atomic E-state index is 0.483. The first-order chi connectivity index (χ1) is 10.2. The molecular weight excluding hydrogens is 356 g/mol. The van der Waals surface area contributed by atoms with E-state index in [1.807, 2.05) is 16.8 Å². The Morgan fingerprint density at radius 2 is 2.00 bits per heavy atom. The number of halogens is 1. The van der Waals surface area contributed by atoms with Gasteiger partial charge in [0, 0.05) is 10.2 Å². The molecule has 8 heteroatoms. The van der Waals surface area contributed by atoms with Crippen LogP contribution in [0.3, 0.4) is 0 Å². The fourth-order valence-corrected chi connectivity index (χ4v) is 3.56. The highest BCUT2D eigenvalue weighted by Crippen LogP contribution is 2.39. The summed E-state index contributed by atoms with van der Waals surface area (Å²) in [5.41, 5.74) is 1.11. The van der Waals surface area contributed by atoms with Crippen LogP contribution in [0, 0.1) is 0 Å². The molecule has 0 radical (unpaired) electrons. The van der Waals surface area contributed by atoms with Crippen LogP contribution in [-0.4, -0.2) is 34.4 Å². The molecule has 0 unspecified atom stereocenters. The summed E-state index contributed by atoms with van der Waals surface area (Å²) in [4.78, 5) is 0. The predicted octanol–water partition coefficient (Wildman–Crippen LogP) is 3.08. The van der Waals surface area contributed by atoms with Gasteiger partial charge in [0.1, 0.15) is 0 Å². The van der Waals surface area contributed by atoms with E-state index in [4.69, 9.17) is 9.47 Å². The third-order valence-corrected chi connectivity index (χ3v) is 4.99. The zero-order valence-corrected chi connectivity index (χ0v) is 14.1. The van der Waals surface area contributed by atoms with Gasteiger partial charge in [0.2, 0.25) is 5.16 Å². The van der Waals surface area contributed by atoms with Gasteiger partial charge in [-0.25, -0.2) is 4.68 Å². The van der Waals surface area contributed by atoms with Crippen molar-refractivity contribution in [2.24, 2.45) is 0 Å². The molecule has 1 aliphatic rings. The molecule has 1 fully saturated rings. The van der Waals surface area contributed by atoms with Crippen molar-refractivity contribution in [3.63, 3.8) is 0 Å². The number of tetrazole rings is 1. The van der Waals surface area contributed by atoms with Crippen molar-refractivity contribution in [1.29, 1.82) is 0 Å². The van der Waals surface area contributed by atoms with Gasteiger partial charge in [0.25, 0.3) is 0 Å². The Bertz CT molecular complexity index is 645. The van der Waals surface area contributed by atoms with Gasteiger partial charge in [-0.15, -0.1) is 5.10 Å². The smallest absolute Gasteiger partial charge is 0.209 e. The lowest BCUT2D eigenvalue weighted by atomic mass is 10.2. The van der Waals surface area contributed by atoms with E-state index in [1.54, 1.807) is 26.0 Å². The largest absolute Gasteiger partial charge is 0.493 e. The number of thioether (sulfide) groups is 1. The van der Waals surface area contributed by atoms with Gasteiger partial charge in [-0.05, 0) is 41.0 Å². The van der Waals surface area contributed by atoms with Gasteiger partial charge in [0.05, 0.1) is 20.3 Å². The monoisotopic (exact) mass is 370 g/mol. The van der Waals surface area contributed by atoms with Crippen LogP contribution >= 0.6 is 27.7 Å². The Kier molecular flexibility index (Phi) is 4.34. The first-order valence-electron chi connectivity index (χ1n) is 6.54. The SMILES string of the molecule is COc1cc(Br)c(CSc2nnnn2C2CC2)cc1OC. The van der Waals surface area contributed by atoms with Gasteiger partial charge in [-0.2, -0.15) is 0 Å². The van der Waals surface area contributed by atoms with Crippen LogP contribution in [0.1, 0.15) is 24.4 Å². The van der Waals surface area contributed by atoms with E-state index < -0.39 is 0 Å². The van der Waals surface area contributed by atoms with Crippen molar-refractivity contribution < 1.29 is 9.47 Å². The molecule has 1 aromatic heterocycles. The Morgan fingerprint density at radius 1 is 1.29 bits per heavy atom. The van der Waals surface area contributed by atoms with Crippen molar-refractivity contribution >= 4 is 27.7 Å². The summed E-state index contributed by atoms with van der Waals surface area (Å²) in [5.74, 6) is 2.19. The summed E-state index contributed by atoms with van der Waals surface area (Å²) < 4.78 is 13.5. The molecule has 21 heavy (non-hydrogen) atoms. The average Bonchev–Trinajstić information content (AvgIpc) is 3.24. The molecule has 6 nitrogen and oxygen atoms in total. The van der Waals surface area contributed by atoms with Crippen LogP contribution < -0.4 is 9.47 Å². The third-order valence-electron chi connectivity index (χ3n) is 3.26. The molecule has 0 bridgehead atoms. The molecule has 0 atom stereocenters. The van der Waals surface area contributed by atoms with Crippen molar-refractivity contribution in [3.8, 4) is 11.5 Å². The Hall–Kier alpha value is -1.28. The normalized spacial score (nSPS) is 14.2. The van der Waals surface area contributed by atoms with Gasteiger partial charge in [-0.3, -0.25) is 0 Å². The second-order valence-corrected chi connectivity index (χ2v) is 6.52. The van der Waals surface area contributed by atoms with E-state index in [0.717, 1.165) is 26.7 Å². The summed E-state index contributed by atoms with van der Waals surface area (Å²) in [6.45, 7) is 0. The maximum absolute atomic E-state index is 5.34. The van der Waals surface area contributed by atoms with E-state index in [9.17, 15) is 0 Å². The molecule has 1 heterocycles. The minimum atomic E-state index is 0.483. The third kappa shape index (κ3) is 3.16. The molecule has 1 aliphatic carbocycles. The summed E-state index contributed by atoms with van der Waals surface area (Å²) in [6, 6.07) is 4.37. The molecule has 3 rings (SSSR count). The van der Waals surface area contributed by atoms with Gasteiger partial charge >= 0.3 is 0 Å². The number of benzene rings is 1. The molecule has 0 saturated heterocycles. The standard InChI is InChI=1S/C13H15BrN4O2S/c1-19-11-5-8(10(14)6-12(11)20-2)7-21-13-15-16-17-18(13)9-3-4-9/h5-6,9H,3-4,7H2,1-2H3. The highest BCUT2D eigenvalue weighted by molar-refractivity contribution is 9.10. The molecule has 1 aromatic carbocycles. The molecule has 0 spiro atoms. The second-order valence-electron chi connectivity index (χ2n) is 4.72. The van der Waals surface area contributed by atoms with E-state index in [0.29, 0.717) is 11.8 Å². The first-order valence-corrected chi connectivity index (χ1v) is 8.32. The maximum atomic E-state index is 5.34. The van der Waals surface area contributed by atoms with E-state index >= 15 is 0 Å². The number of methoxy groups -OCH3 is 2.